The van der Waals surface area contributed by atoms with Gasteiger partial charge in [-0.1, -0.05) is 0 Å². The van der Waals surface area contributed by atoms with Crippen molar-refractivity contribution < 1.29 is 19.5 Å². The van der Waals surface area contributed by atoms with Crippen LogP contribution in [0.2, 0.25) is 0 Å². The minimum absolute atomic E-state index is 0.0919. The molecule has 0 rings (SSSR count). The van der Waals surface area contributed by atoms with E-state index in [0.29, 0.717) is 6.54 Å². The fraction of sp³-hybridized carbons (Fsp3) is 0.700. The quantitative estimate of drug-likeness (QED) is 0.516. The fourth-order valence-electron chi connectivity index (χ4n) is 1.08. The van der Waals surface area contributed by atoms with Crippen molar-refractivity contribution in [2.45, 2.75) is 13.0 Å². The van der Waals surface area contributed by atoms with Gasteiger partial charge >= 0.3 is 12.0 Å². The highest BCUT2D eigenvalue weighted by Gasteiger charge is 2.19. The standard InChI is InChI=1S/C10H20N4O4/c1-7(13(2)3)4-12-10(18)14(5-8(11)15)6-9(16)17/h7H,4-6H2,1-3H3,(H2,11,15)(H,12,18)(H,16,17). The number of hydrogen-bond donors (Lipinski definition) is 3. The topological polar surface area (TPSA) is 116 Å². The minimum atomic E-state index is -1.20. The lowest BCUT2D eigenvalue weighted by Crippen LogP contribution is -2.49. The Balaban J connectivity index is 4.37. The van der Waals surface area contributed by atoms with Crippen LogP contribution < -0.4 is 11.1 Å². The Morgan fingerprint density at radius 3 is 2.22 bits per heavy atom. The molecule has 0 aromatic carbocycles. The number of carbonyl (C=O) groups is 3. The van der Waals surface area contributed by atoms with Crippen LogP contribution in [0.3, 0.4) is 0 Å². The third-order valence-electron chi connectivity index (χ3n) is 2.39. The Kier molecular flexibility index (Phi) is 6.73. The first-order valence-corrected chi connectivity index (χ1v) is 5.43. The molecule has 8 heteroatoms. The number of carbonyl (C=O) groups excluding carboxylic acids is 2. The van der Waals surface area contributed by atoms with E-state index in [-0.39, 0.29) is 6.04 Å². The van der Waals surface area contributed by atoms with Crippen molar-refractivity contribution in [1.29, 1.82) is 0 Å². The number of urea groups is 1. The number of amides is 3. The molecule has 3 amide bonds. The minimum Gasteiger partial charge on any atom is -0.480 e. The molecule has 0 radical (unpaired) electrons. The number of aliphatic carboxylic acids is 1. The first-order chi connectivity index (χ1) is 8.23. The number of rotatable bonds is 7. The van der Waals surface area contributed by atoms with Gasteiger partial charge in [-0.2, -0.15) is 0 Å². The third-order valence-corrected chi connectivity index (χ3v) is 2.39. The molecular formula is C10H20N4O4. The van der Waals surface area contributed by atoms with Crippen LogP contribution in [-0.2, 0) is 9.59 Å². The Bertz CT molecular complexity index is 303. The summed E-state index contributed by atoms with van der Waals surface area (Å²) >= 11 is 0. The summed E-state index contributed by atoms with van der Waals surface area (Å²) in [5.74, 6) is -1.96. The predicted octanol–water partition coefficient (Wildman–Crippen LogP) is -1.48. The van der Waals surface area contributed by atoms with Gasteiger partial charge in [-0.3, -0.25) is 9.59 Å². The second-order valence-electron chi connectivity index (χ2n) is 4.21. The van der Waals surface area contributed by atoms with E-state index < -0.39 is 31.0 Å². The smallest absolute Gasteiger partial charge is 0.323 e. The molecule has 0 spiro atoms. The predicted molar refractivity (Wildman–Crippen MR) is 65.0 cm³/mol. The van der Waals surface area contributed by atoms with Crippen LogP contribution in [0.1, 0.15) is 6.92 Å². The molecule has 8 nitrogen and oxygen atoms in total. The molecule has 0 aliphatic carbocycles. The molecule has 0 aromatic heterocycles. The van der Waals surface area contributed by atoms with Gasteiger partial charge in [0.2, 0.25) is 5.91 Å². The molecule has 0 saturated carbocycles. The van der Waals surface area contributed by atoms with Gasteiger partial charge in [0.05, 0.1) is 0 Å². The average molecular weight is 260 g/mol. The number of nitrogens with one attached hydrogen (secondary N) is 1. The fourth-order valence-corrected chi connectivity index (χ4v) is 1.08. The van der Waals surface area contributed by atoms with Crippen molar-refractivity contribution in [3.63, 3.8) is 0 Å². The van der Waals surface area contributed by atoms with Crippen molar-refractivity contribution in [3.05, 3.63) is 0 Å². The van der Waals surface area contributed by atoms with E-state index in [1.54, 1.807) is 0 Å². The van der Waals surface area contributed by atoms with Gasteiger partial charge in [-0.05, 0) is 21.0 Å². The zero-order chi connectivity index (χ0) is 14.3. The maximum Gasteiger partial charge on any atom is 0.323 e. The van der Waals surface area contributed by atoms with Gasteiger partial charge in [0, 0.05) is 12.6 Å². The highest BCUT2D eigenvalue weighted by atomic mass is 16.4. The maximum atomic E-state index is 11.7. The van der Waals surface area contributed by atoms with Crippen LogP contribution >= 0.6 is 0 Å². The molecule has 0 saturated heterocycles. The molecule has 0 aromatic rings. The number of carboxylic acid groups (broad SMARTS) is 1. The monoisotopic (exact) mass is 260 g/mol. The number of nitrogens with two attached hydrogens (primary N) is 1. The van der Waals surface area contributed by atoms with Crippen LogP contribution in [0.4, 0.5) is 4.79 Å². The van der Waals surface area contributed by atoms with E-state index in [1.807, 2.05) is 25.9 Å². The Labute approximate surface area is 106 Å². The summed E-state index contributed by atoms with van der Waals surface area (Å²) < 4.78 is 0. The van der Waals surface area contributed by atoms with Gasteiger partial charge in [-0.15, -0.1) is 0 Å². The van der Waals surface area contributed by atoms with E-state index in [4.69, 9.17) is 10.8 Å². The third kappa shape index (κ3) is 6.69. The first kappa shape index (κ1) is 16.2. The lowest BCUT2D eigenvalue weighted by atomic mass is 10.3. The Morgan fingerprint density at radius 1 is 1.28 bits per heavy atom. The maximum absolute atomic E-state index is 11.7. The molecule has 4 N–H and O–H groups in total. The molecule has 1 atom stereocenters. The van der Waals surface area contributed by atoms with Gasteiger partial charge < -0.3 is 26.0 Å². The highest BCUT2D eigenvalue weighted by molar-refractivity contribution is 5.85. The van der Waals surface area contributed by atoms with Crippen LogP contribution in [-0.4, -0.2) is 72.6 Å². The normalized spacial score (nSPS) is 12.0. The number of likely N-dealkylation sites (N-methyl/N-ethyl adjacent to an activating group) is 1. The van der Waals surface area contributed by atoms with E-state index in [2.05, 4.69) is 5.32 Å². The zero-order valence-corrected chi connectivity index (χ0v) is 10.8. The van der Waals surface area contributed by atoms with Crippen molar-refractivity contribution in [2.75, 3.05) is 33.7 Å². The SMILES string of the molecule is CC(CNC(=O)N(CC(N)=O)CC(=O)O)N(C)C. The van der Waals surface area contributed by atoms with Crippen molar-refractivity contribution in [1.82, 2.24) is 15.1 Å². The molecule has 1 unspecified atom stereocenters. The number of primary amides is 1. The zero-order valence-electron chi connectivity index (χ0n) is 10.8. The van der Waals surface area contributed by atoms with Crippen LogP contribution in [0.5, 0.6) is 0 Å². The lowest BCUT2D eigenvalue weighted by molar-refractivity contribution is -0.137. The molecule has 0 aliphatic rings. The summed E-state index contributed by atoms with van der Waals surface area (Å²) in [7, 11) is 3.71. The second-order valence-corrected chi connectivity index (χ2v) is 4.21. The van der Waals surface area contributed by atoms with Crippen LogP contribution in [0.15, 0.2) is 0 Å². The Hall–Kier alpha value is -1.83. The van der Waals surface area contributed by atoms with Crippen molar-refractivity contribution >= 4 is 17.9 Å². The second kappa shape index (κ2) is 7.49. The summed E-state index contributed by atoms with van der Waals surface area (Å²) in [5.41, 5.74) is 4.95. The number of nitrogens with zero attached hydrogens (tertiary/aromatic N) is 2. The van der Waals surface area contributed by atoms with Crippen molar-refractivity contribution in [2.24, 2.45) is 5.73 Å². The van der Waals surface area contributed by atoms with Gasteiger partial charge in [0.1, 0.15) is 13.1 Å². The van der Waals surface area contributed by atoms with Crippen LogP contribution in [0, 0.1) is 0 Å². The molecule has 0 bridgehead atoms. The summed E-state index contributed by atoms with van der Waals surface area (Å²) in [4.78, 5) is 35.7. The van der Waals surface area contributed by atoms with E-state index in [0.717, 1.165) is 4.90 Å². The van der Waals surface area contributed by atoms with E-state index in [9.17, 15) is 14.4 Å². The molecule has 0 fully saturated rings. The van der Waals surface area contributed by atoms with Crippen molar-refractivity contribution in [3.8, 4) is 0 Å². The Morgan fingerprint density at radius 2 is 1.83 bits per heavy atom. The van der Waals surface area contributed by atoms with E-state index in [1.165, 1.54) is 0 Å². The van der Waals surface area contributed by atoms with Gasteiger partial charge in [0.25, 0.3) is 0 Å². The van der Waals surface area contributed by atoms with Gasteiger partial charge in [0.15, 0.2) is 0 Å². The van der Waals surface area contributed by atoms with Crippen LogP contribution in [0.25, 0.3) is 0 Å². The summed E-state index contributed by atoms with van der Waals surface area (Å²) in [6.45, 7) is 1.26. The molecule has 0 heterocycles. The molecule has 18 heavy (non-hydrogen) atoms. The van der Waals surface area contributed by atoms with E-state index >= 15 is 0 Å². The average Bonchev–Trinajstić information content (AvgIpc) is 2.22. The lowest BCUT2D eigenvalue weighted by Gasteiger charge is -2.23. The summed E-state index contributed by atoms with van der Waals surface area (Å²) in [6, 6.07) is -0.529. The highest BCUT2D eigenvalue weighted by Crippen LogP contribution is 1.93. The summed E-state index contributed by atoms with van der Waals surface area (Å²) in [6.07, 6.45) is 0. The molecule has 104 valence electrons. The van der Waals surface area contributed by atoms with Gasteiger partial charge in [-0.25, -0.2) is 4.79 Å². The largest absolute Gasteiger partial charge is 0.480 e. The molecular weight excluding hydrogens is 240 g/mol. The number of carboxylic acids is 1. The number of hydrogen-bond acceptors (Lipinski definition) is 4. The summed E-state index contributed by atoms with van der Waals surface area (Å²) in [5, 5.41) is 11.2. The molecule has 0 aliphatic heterocycles. The first-order valence-electron chi connectivity index (χ1n) is 5.43.